The molecule has 0 saturated carbocycles. The van der Waals surface area contributed by atoms with E-state index in [1.807, 2.05) is 6.92 Å². The van der Waals surface area contributed by atoms with Gasteiger partial charge in [-0.2, -0.15) is 0 Å². The van der Waals surface area contributed by atoms with Crippen LogP contribution in [0.2, 0.25) is 0 Å². The van der Waals surface area contributed by atoms with Crippen LogP contribution < -0.4 is 5.32 Å². The van der Waals surface area contributed by atoms with Crippen molar-refractivity contribution in [3.8, 4) is 0 Å². The first-order chi connectivity index (χ1) is 8.11. The lowest BCUT2D eigenvalue weighted by atomic mass is 10.1. The minimum Gasteiger partial charge on any atom is -0.447 e. The van der Waals surface area contributed by atoms with Gasteiger partial charge in [0.25, 0.3) is 0 Å². The summed E-state index contributed by atoms with van der Waals surface area (Å²) in [6.45, 7) is 1.61. The van der Waals surface area contributed by atoms with E-state index in [1.165, 1.54) is 12.1 Å². The van der Waals surface area contributed by atoms with E-state index < -0.39 is 6.09 Å². The minimum absolute atomic E-state index is 0.0187. The third-order valence-corrected chi connectivity index (χ3v) is 2.14. The average Bonchev–Trinajstić information content (AvgIpc) is 2.29. The molecule has 0 aliphatic rings. The van der Waals surface area contributed by atoms with Crippen molar-refractivity contribution in [2.75, 3.05) is 13.2 Å². The van der Waals surface area contributed by atoms with Crippen molar-refractivity contribution < 1.29 is 19.0 Å². The van der Waals surface area contributed by atoms with E-state index in [0.29, 0.717) is 6.42 Å². The molecule has 1 amide bonds. The van der Waals surface area contributed by atoms with Crippen LogP contribution in [-0.4, -0.2) is 30.5 Å². The Morgan fingerprint density at radius 2 is 2.12 bits per heavy atom. The summed E-state index contributed by atoms with van der Waals surface area (Å²) < 4.78 is 17.3. The van der Waals surface area contributed by atoms with Gasteiger partial charge in [0.2, 0.25) is 0 Å². The van der Waals surface area contributed by atoms with E-state index in [2.05, 4.69) is 10.1 Å². The fraction of sp³-hybridized carbons (Fsp3) is 0.417. The topological polar surface area (TPSA) is 58.6 Å². The number of hydrogen-bond donors (Lipinski definition) is 2. The Kier molecular flexibility index (Phi) is 5.42. The Morgan fingerprint density at radius 1 is 1.47 bits per heavy atom. The standard InChI is InChI=1S/C12H16FNO3/c1-9(14-12(16)17-7-6-15)8-10-2-4-11(13)5-3-10/h2-5,9,15H,6-8H2,1H3,(H,14,16). The molecule has 1 rings (SSSR count). The maximum Gasteiger partial charge on any atom is 0.407 e. The summed E-state index contributed by atoms with van der Waals surface area (Å²) in [5, 5.41) is 11.1. The van der Waals surface area contributed by atoms with Crippen molar-refractivity contribution in [2.24, 2.45) is 0 Å². The van der Waals surface area contributed by atoms with Crippen LogP contribution in [0.3, 0.4) is 0 Å². The molecule has 5 heteroatoms. The van der Waals surface area contributed by atoms with Gasteiger partial charge >= 0.3 is 6.09 Å². The van der Waals surface area contributed by atoms with Gasteiger partial charge in [-0.05, 0) is 31.0 Å². The van der Waals surface area contributed by atoms with Crippen LogP contribution >= 0.6 is 0 Å². The molecule has 0 heterocycles. The third-order valence-electron chi connectivity index (χ3n) is 2.14. The summed E-state index contributed by atoms with van der Waals surface area (Å²) >= 11 is 0. The maximum atomic E-state index is 12.7. The van der Waals surface area contributed by atoms with E-state index >= 15 is 0 Å². The molecule has 17 heavy (non-hydrogen) atoms. The smallest absolute Gasteiger partial charge is 0.407 e. The van der Waals surface area contributed by atoms with E-state index in [1.54, 1.807) is 12.1 Å². The molecule has 0 bridgehead atoms. The van der Waals surface area contributed by atoms with E-state index in [4.69, 9.17) is 5.11 Å². The third kappa shape index (κ3) is 5.31. The summed E-state index contributed by atoms with van der Waals surface area (Å²) in [4.78, 5) is 11.2. The van der Waals surface area contributed by atoms with Crippen LogP contribution in [0.25, 0.3) is 0 Å². The number of benzene rings is 1. The van der Waals surface area contributed by atoms with Crippen molar-refractivity contribution in [3.63, 3.8) is 0 Å². The summed E-state index contributed by atoms with van der Waals surface area (Å²) in [5.41, 5.74) is 0.932. The molecule has 0 aromatic heterocycles. The molecule has 94 valence electrons. The Hall–Kier alpha value is -1.62. The predicted octanol–water partition coefficient (Wildman–Crippen LogP) is 1.48. The Balaban J connectivity index is 2.36. The molecule has 0 fully saturated rings. The van der Waals surface area contributed by atoms with E-state index in [-0.39, 0.29) is 25.1 Å². The number of carbonyl (C=O) groups excluding carboxylic acids is 1. The van der Waals surface area contributed by atoms with Crippen molar-refractivity contribution in [1.29, 1.82) is 0 Å². The zero-order valence-electron chi connectivity index (χ0n) is 9.65. The van der Waals surface area contributed by atoms with Crippen LogP contribution in [0.4, 0.5) is 9.18 Å². The van der Waals surface area contributed by atoms with Crippen molar-refractivity contribution in [1.82, 2.24) is 5.32 Å². The predicted molar refractivity (Wildman–Crippen MR) is 61.1 cm³/mol. The molecule has 0 saturated heterocycles. The molecule has 0 aliphatic heterocycles. The number of aliphatic hydroxyl groups excluding tert-OH is 1. The molecule has 1 aromatic carbocycles. The molecule has 0 radical (unpaired) electrons. The van der Waals surface area contributed by atoms with Gasteiger partial charge in [0.05, 0.1) is 6.61 Å². The number of alkyl carbamates (subject to hydrolysis) is 1. The number of carbonyl (C=O) groups is 1. The summed E-state index contributed by atoms with van der Waals surface area (Å²) in [6, 6.07) is 5.99. The number of aliphatic hydroxyl groups is 1. The highest BCUT2D eigenvalue weighted by Gasteiger charge is 2.08. The fourth-order valence-electron chi connectivity index (χ4n) is 1.41. The molecule has 0 aliphatic carbocycles. The Labute approximate surface area is 99.4 Å². The van der Waals surface area contributed by atoms with Gasteiger partial charge in [-0.15, -0.1) is 0 Å². The second-order valence-electron chi connectivity index (χ2n) is 3.74. The first kappa shape index (κ1) is 13.4. The van der Waals surface area contributed by atoms with E-state index in [0.717, 1.165) is 5.56 Å². The molecule has 1 atom stereocenters. The quantitative estimate of drug-likeness (QED) is 0.820. The van der Waals surface area contributed by atoms with Gasteiger partial charge in [0.15, 0.2) is 0 Å². The van der Waals surface area contributed by atoms with Gasteiger partial charge in [-0.25, -0.2) is 9.18 Å². The van der Waals surface area contributed by atoms with Crippen LogP contribution in [-0.2, 0) is 11.2 Å². The van der Waals surface area contributed by atoms with E-state index in [9.17, 15) is 9.18 Å². The SMILES string of the molecule is CC(Cc1ccc(F)cc1)NC(=O)OCCO. The second kappa shape index (κ2) is 6.85. The molecular weight excluding hydrogens is 225 g/mol. The molecule has 1 aromatic rings. The monoisotopic (exact) mass is 241 g/mol. The fourth-order valence-corrected chi connectivity index (χ4v) is 1.41. The highest BCUT2D eigenvalue weighted by Crippen LogP contribution is 2.05. The van der Waals surface area contributed by atoms with Crippen molar-refractivity contribution in [2.45, 2.75) is 19.4 Å². The zero-order valence-corrected chi connectivity index (χ0v) is 9.65. The lowest BCUT2D eigenvalue weighted by Gasteiger charge is -2.13. The molecule has 2 N–H and O–H groups in total. The zero-order chi connectivity index (χ0) is 12.7. The van der Waals surface area contributed by atoms with Gasteiger partial charge < -0.3 is 15.2 Å². The molecule has 4 nitrogen and oxygen atoms in total. The van der Waals surface area contributed by atoms with Crippen LogP contribution in [0.15, 0.2) is 24.3 Å². The van der Waals surface area contributed by atoms with Crippen molar-refractivity contribution in [3.05, 3.63) is 35.6 Å². The number of hydrogen-bond acceptors (Lipinski definition) is 3. The number of ether oxygens (including phenoxy) is 1. The average molecular weight is 241 g/mol. The lowest BCUT2D eigenvalue weighted by molar-refractivity contribution is 0.116. The molecule has 0 spiro atoms. The lowest BCUT2D eigenvalue weighted by Crippen LogP contribution is -2.35. The second-order valence-corrected chi connectivity index (χ2v) is 3.74. The summed E-state index contributed by atoms with van der Waals surface area (Å²) in [5.74, 6) is -0.281. The van der Waals surface area contributed by atoms with Gasteiger partial charge in [0, 0.05) is 6.04 Å². The first-order valence-corrected chi connectivity index (χ1v) is 5.40. The van der Waals surface area contributed by atoms with Crippen LogP contribution in [0.1, 0.15) is 12.5 Å². The number of nitrogens with one attached hydrogen (secondary N) is 1. The van der Waals surface area contributed by atoms with Crippen LogP contribution in [0, 0.1) is 5.82 Å². The number of halogens is 1. The Morgan fingerprint density at radius 3 is 2.71 bits per heavy atom. The minimum atomic E-state index is -0.561. The summed E-state index contributed by atoms with van der Waals surface area (Å²) in [6.07, 6.45) is 0.0303. The highest BCUT2D eigenvalue weighted by molar-refractivity contribution is 5.67. The first-order valence-electron chi connectivity index (χ1n) is 5.40. The van der Waals surface area contributed by atoms with Gasteiger partial charge in [-0.1, -0.05) is 12.1 Å². The number of amides is 1. The molecular formula is C12H16FNO3. The maximum absolute atomic E-state index is 12.7. The normalized spacial score (nSPS) is 11.9. The van der Waals surface area contributed by atoms with Crippen molar-refractivity contribution >= 4 is 6.09 Å². The summed E-state index contributed by atoms with van der Waals surface area (Å²) in [7, 11) is 0. The van der Waals surface area contributed by atoms with Crippen LogP contribution in [0.5, 0.6) is 0 Å². The Bertz CT molecular complexity index is 353. The molecule has 1 unspecified atom stereocenters. The largest absolute Gasteiger partial charge is 0.447 e. The number of rotatable bonds is 5. The highest BCUT2D eigenvalue weighted by atomic mass is 19.1. The van der Waals surface area contributed by atoms with Gasteiger partial charge in [0.1, 0.15) is 12.4 Å². The van der Waals surface area contributed by atoms with Gasteiger partial charge in [-0.3, -0.25) is 0 Å².